The molecule has 1 unspecified atom stereocenters. The number of ether oxygens (including phenoxy) is 3. The quantitative estimate of drug-likeness (QED) is 0.680. The largest absolute Gasteiger partial charge is 0.447 e. The second-order valence-corrected chi connectivity index (χ2v) is 7.60. The predicted octanol–water partition coefficient (Wildman–Crippen LogP) is 2.72. The van der Waals surface area contributed by atoms with Crippen LogP contribution in [0.15, 0.2) is 30.3 Å². The van der Waals surface area contributed by atoms with E-state index in [-0.39, 0.29) is 30.8 Å². The van der Waals surface area contributed by atoms with Crippen LogP contribution in [0.25, 0.3) is 0 Å². The molecule has 1 aromatic carbocycles. The lowest BCUT2D eigenvalue weighted by molar-refractivity contribution is -0.153. The summed E-state index contributed by atoms with van der Waals surface area (Å²) in [7, 11) is 0. The number of imide groups is 1. The topological polar surface area (TPSA) is 82.1 Å². The number of cyclic esters (lactones) is 1. The molecule has 2 saturated heterocycles. The molecule has 28 heavy (non-hydrogen) atoms. The van der Waals surface area contributed by atoms with Crippen LogP contribution in [0.4, 0.5) is 4.79 Å². The van der Waals surface area contributed by atoms with Gasteiger partial charge in [-0.05, 0) is 32.3 Å². The molecule has 2 aliphatic rings. The van der Waals surface area contributed by atoms with Crippen LogP contribution >= 0.6 is 0 Å². The fourth-order valence-corrected chi connectivity index (χ4v) is 3.76. The first kappa shape index (κ1) is 20.5. The third kappa shape index (κ3) is 4.97. The number of carbonyl (C=O) groups is 3. The number of ketones is 1. The maximum atomic E-state index is 13.2. The van der Waals surface area contributed by atoms with Crippen LogP contribution in [0.1, 0.15) is 38.7 Å². The maximum Gasteiger partial charge on any atom is 0.416 e. The second-order valence-electron chi connectivity index (χ2n) is 7.60. The summed E-state index contributed by atoms with van der Waals surface area (Å²) in [6.07, 6.45) is 0.838. The molecule has 152 valence electrons. The van der Waals surface area contributed by atoms with Crippen molar-refractivity contribution in [3.8, 4) is 0 Å². The van der Waals surface area contributed by atoms with Crippen molar-refractivity contribution in [3.63, 3.8) is 0 Å². The fourth-order valence-electron chi connectivity index (χ4n) is 3.76. The Morgan fingerprint density at radius 2 is 1.89 bits per heavy atom. The Balaban J connectivity index is 1.71. The number of hydrogen-bond acceptors (Lipinski definition) is 6. The first-order chi connectivity index (χ1) is 13.4. The van der Waals surface area contributed by atoms with Gasteiger partial charge in [0.1, 0.15) is 12.4 Å². The third-order valence-corrected chi connectivity index (χ3v) is 5.24. The molecule has 2 heterocycles. The van der Waals surface area contributed by atoms with Crippen molar-refractivity contribution in [1.29, 1.82) is 0 Å². The molecule has 0 aliphatic carbocycles. The van der Waals surface area contributed by atoms with Crippen LogP contribution in [-0.2, 0) is 30.2 Å². The van der Waals surface area contributed by atoms with Gasteiger partial charge in [0.05, 0.1) is 19.3 Å². The minimum Gasteiger partial charge on any atom is -0.447 e. The van der Waals surface area contributed by atoms with Crippen molar-refractivity contribution in [1.82, 2.24) is 4.90 Å². The zero-order valence-corrected chi connectivity index (χ0v) is 16.4. The molecule has 1 aromatic rings. The normalized spacial score (nSPS) is 22.1. The second kappa shape index (κ2) is 8.84. The standard InChI is InChI=1S/C21H27NO6/c1-15(23)12-17(8-9-21(2)27-10-11-28-21)19(24)22-18(14-26-20(22)25)13-16-6-4-3-5-7-16/h3-7,17-18H,8-14H2,1-2H3/t17?,18-/m1/s1. The van der Waals surface area contributed by atoms with Gasteiger partial charge in [0, 0.05) is 18.8 Å². The lowest BCUT2D eigenvalue weighted by Crippen LogP contribution is -2.44. The predicted molar refractivity (Wildman–Crippen MR) is 100 cm³/mol. The first-order valence-electron chi connectivity index (χ1n) is 9.69. The van der Waals surface area contributed by atoms with Crippen LogP contribution in [0.3, 0.4) is 0 Å². The van der Waals surface area contributed by atoms with E-state index < -0.39 is 17.8 Å². The van der Waals surface area contributed by atoms with E-state index in [1.807, 2.05) is 37.3 Å². The summed E-state index contributed by atoms with van der Waals surface area (Å²) >= 11 is 0. The molecule has 0 bridgehead atoms. The van der Waals surface area contributed by atoms with Crippen LogP contribution in [0.2, 0.25) is 0 Å². The number of carbonyl (C=O) groups excluding carboxylic acids is 3. The van der Waals surface area contributed by atoms with E-state index in [1.165, 1.54) is 11.8 Å². The minimum atomic E-state index is -0.746. The van der Waals surface area contributed by atoms with Crippen LogP contribution in [-0.4, -0.2) is 54.3 Å². The van der Waals surface area contributed by atoms with Gasteiger partial charge in [-0.2, -0.15) is 0 Å². The third-order valence-electron chi connectivity index (χ3n) is 5.24. The summed E-state index contributed by atoms with van der Waals surface area (Å²) in [5, 5.41) is 0. The van der Waals surface area contributed by atoms with Crippen molar-refractivity contribution in [3.05, 3.63) is 35.9 Å². The fraction of sp³-hybridized carbons (Fsp3) is 0.571. The van der Waals surface area contributed by atoms with Crippen molar-refractivity contribution in [2.24, 2.45) is 5.92 Å². The number of nitrogens with zero attached hydrogens (tertiary/aromatic N) is 1. The molecule has 7 nitrogen and oxygen atoms in total. The summed E-state index contributed by atoms with van der Waals surface area (Å²) in [6, 6.07) is 9.29. The molecule has 2 atom stereocenters. The number of Topliss-reactive ketones (excluding diaryl/α,β-unsaturated/α-hetero) is 1. The summed E-state index contributed by atoms with van der Waals surface area (Å²) < 4.78 is 16.4. The van der Waals surface area contributed by atoms with Gasteiger partial charge in [-0.25, -0.2) is 9.69 Å². The molecule has 2 fully saturated rings. The van der Waals surface area contributed by atoms with Gasteiger partial charge in [0.25, 0.3) is 0 Å². The molecule has 2 amide bonds. The monoisotopic (exact) mass is 389 g/mol. The van der Waals surface area contributed by atoms with Crippen molar-refractivity contribution < 1.29 is 28.6 Å². The van der Waals surface area contributed by atoms with E-state index in [9.17, 15) is 14.4 Å². The Morgan fingerprint density at radius 3 is 2.54 bits per heavy atom. The number of rotatable bonds is 8. The van der Waals surface area contributed by atoms with Crippen LogP contribution < -0.4 is 0 Å². The van der Waals surface area contributed by atoms with E-state index in [0.29, 0.717) is 32.5 Å². The molecule has 0 radical (unpaired) electrons. The highest BCUT2D eigenvalue weighted by atomic mass is 16.7. The van der Waals surface area contributed by atoms with Gasteiger partial charge in [-0.1, -0.05) is 30.3 Å². The highest BCUT2D eigenvalue weighted by Gasteiger charge is 2.42. The highest BCUT2D eigenvalue weighted by Crippen LogP contribution is 2.29. The van der Waals surface area contributed by atoms with Gasteiger partial charge in [-0.3, -0.25) is 4.79 Å². The Morgan fingerprint density at radius 1 is 1.21 bits per heavy atom. The van der Waals surface area contributed by atoms with E-state index in [1.54, 1.807) is 0 Å². The van der Waals surface area contributed by atoms with Crippen molar-refractivity contribution in [2.75, 3.05) is 19.8 Å². The summed E-state index contributed by atoms with van der Waals surface area (Å²) in [5.74, 6) is -1.81. The number of hydrogen-bond donors (Lipinski definition) is 0. The average Bonchev–Trinajstić information content (AvgIpc) is 3.25. The van der Waals surface area contributed by atoms with Crippen molar-refractivity contribution in [2.45, 2.75) is 51.4 Å². The van der Waals surface area contributed by atoms with Gasteiger partial charge in [0.15, 0.2) is 5.79 Å². The zero-order chi connectivity index (χ0) is 20.1. The van der Waals surface area contributed by atoms with Gasteiger partial charge >= 0.3 is 6.09 Å². The van der Waals surface area contributed by atoms with E-state index in [4.69, 9.17) is 14.2 Å². The van der Waals surface area contributed by atoms with Gasteiger partial charge < -0.3 is 19.0 Å². The zero-order valence-electron chi connectivity index (χ0n) is 16.4. The van der Waals surface area contributed by atoms with E-state index in [0.717, 1.165) is 5.56 Å². The maximum absolute atomic E-state index is 13.2. The van der Waals surface area contributed by atoms with Crippen LogP contribution in [0.5, 0.6) is 0 Å². The minimum absolute atomic E-state index is 0.0801. The highest BCUT2D eigenvalue weighted by molar-refractivity contribution is 5.96. The van der Waals surface area contributed by atoms with Crippen molar-refractivity contribution >= 4 is 17.8 Å². The molecule has 0 N–H and O–H groups in total. The Hall–Kier alpha value is -2.25. The number of amides is 2. The Bertz CT molecular complexity index is 713. The summed E-state index contributed by atoms with van der Waals surface area (Å²) in [6.45, 7) is 4.47. The number of benzene rings is 1. The lowest BCUT2D eigenvalue weighted by atomic mass is 9.92. The molecule has 7 heteroatoms. The molecule has 0 spiro atoms. The first-order valence-corrected chi connectivity index (χ1v) is 9.69. The molecule has 3 rings (SSSR count). The average molecular weight is 389 g/mol. The van der Waals surface area contributed by atoms with E-state index in [2.05, 4.69) is 0 Å². The summed E-state index contributed by atoms with van der Waals surface area (Å²) in [5.41, 5.74) is 1.02. The SMILES string of the molecule is CC(=O)CC(CCC1(C)OCCO1)C(=O)N1C(=O)OC[C@H]1Cc1ccccc1. The molecular weight excluding hydrogens is 362 g/mol. The molecule has 2 aliphatic heterocycles. The molecule has 0 saturated carbocycles. The smallest absolute Gasteiger partial charge is 0.416 e. The van der Waals surface area contributed by atoms with Gasteiger partial charge in [-0.15, -0.1) is 0 Å². The van der Waals surface area contributed by atoms with Gasteiger partial charge in [0.2, 0.25) is 5.91 Å². The molecular formula is C21H27NO6. The Labute approximate surface area is 164 Å². The van der Waals surface area contributed by atoms with E-state index >= 15 is 0 Å². The Kier molecular flexibility index (Phi) is 6.46. The lowest BCUT2D eigenvalue weighted by Gasteiger charge is -2.27. The molecule has 0 aromatic heterocycles. The summed E-state index contributed by atoms with van der Waals surface area (Å²) in [4.78, 5) is 38.4. The van der Waals surface area contributed by atoms with Crippen LogP contribution in [0, 0.1) is 5.92 Å².